The van der Waals surface area contributed by atoms with E-state index in [1.165, 1.54) is 25.9 Å². The number of hydrogen-bond donors (Lipinski definition) is 1. The molecule has 21 heavy (non-hydrogen) atoms. The van der Waals surface area contributed by atoms with Crippen LogP contribution in [0.25, 0.3) is 10.2 Å². The third-order valence-electron chi connectivity index (χ3n) is 5.02. The number of fused-ring (bicyclic) bond motifs is 4. The second kappa shape index (κ2) is 5.07. The van der Waals surface area contributed by atoms with Gasteiger partial charge in [0.05, 0.1) is 10.2 Å². The van der Waals surface area contributed by atoms with Gasteiger partial charge in [-0.25, -0.2) is 4.98 Å². The van der Waals surface area contributed by atoms with Gasteiger partial charge in [0.15, 0.2) is 0 Å². The summed E-state index contributed by atoms with van der Waals surface area (Å²) in [7, 11) is 0. The number of carbonyl (C=O) groups excluding carboxylic acids is 1. The van der Waals surface area contributed by atoms with E-state index in [-0.39, 0.29) is 11.9 Å². The Bertz CT molecular complexity index is 673. The van der Waals surface area contributed by atoms with E-state index >= 15 is 0 Å². The normalized spacial score (nSPS) is 31.5. The molecule has 0 radical (unpaired) electrons. The SMILES string of the molecule is C[C@H]1[C@H](NC(=O)c2ccc3sccc3n2)C2CCN1CC2. The number of nitrogens with zero attached hydrogens (tertiary/aromatic N) is 2. The lowest BCUT2D eigenvalue weighted by molar-refractivity contribution is 0.0216. The number of carbonyl (C=O) groups is 1. The Morgan fingerprint density at radius 2 is 2.14 bits per heavy atom. The molecular weight excluding hydrogens is 282 g/mol. The Balaban J connectivity index is 1.54. The van der Waals surface area contributed by atoms with Crippen LogP contribution in [-0.2, 0) is 0 Å². The molecule has 1 amide bonds. The largest absolute Gasteiger partial charge is 0.346 e. The molecule has 2 aromatic rings. The van der Waals surface area contributed by atoms with Crippen LogP contribution in [0.2, 0.25) is 0 Å². The van der Waals surface area contributed by atoms with Crippen molar-refractivity contribution in [2.45, 2.75) is 31.8 Å². The highest BCUT2D eigenvalue weighted by atomic mass is 32.1. The summed E-state index contributed by atoms with van der Waals surface area (Å²) >= 11 is 1.65. The molecule has 110 valence electrons. The fraction of sp³-hybridized carbons (Fsp3) is 0.500. The van der Waals surface area contributed by atoms with E-state index in [2.05, 4.69) is 22.1 Å². The quantitative estimate of drug-likeness (QED) is 0.927. The summed E-state index contributed by atoms with van der Waals surface area (Å²) in [6.45, 7) is 4.58. The molecule has 0 saturated carbocycles. The number of thiophene rings is 1. The zero-order valence-corrected chi connectivity index (χ0v) is 12.9. The zero-order chi connectivity index (χ0) is 14.4. The van der Waals surface area contributed by atoms with Crippen molar-refractivity contribution < 1.29 is 4.79 Å². The van der Waals surface area contributed by atoms with Crippen molar-refractivity contribution in [3.63, 3.8) is 0 Å². The van der Waals surface area contributed by atoms with E-state index in [0.29, 0.717) is 17.7 Å². The van der Waals surface area contributed by atoms with Crippen LogP contribution in [0, 0.1) is 5.92 Å². The number of amides is 1. The maximum atomic E-state index is 12.5. The van der Waals surface area contributed by atoms with E-state index in [4.69, 9.17) is 0 Å². The van der Waals surface area contributed by atoms with Gasteiger partial charge in [0.1, 0.15) is 5.69 Å². The minimum Gasteiger partial charge on any atom is -0.346 e. The highest BCUT2D eigenvalue weighted by molar-refractivity contribution is 7.17. The van der Waals surface area contributed by atoms with Crippen molar-refractivity contribution in [3.8, 4) is 0 Å². The second-order valence-electron chi connectivity index (χ2n) is 6.11. The first-order chi connectivity index (χ1) is 10.2. The van der Waals surface area contributed by atoms with Gasteiger partial charge in [0.2, 0.25) is 0 Å². The summed E-state index contributed by atoms with van der Waals surface area (Å²) in [5, 5.41) is 5.24. The van der Waals surface area contributed by atoms with Crippen molar-refractivity contribution in [1.82, 2.24) is 15.2 Å². The molecule has 0 aliphatic carbocycles. The van der Waals surface area contributed by atoms with Crippen molar-refractivity contribution in [3.05, 3.63) is 29.3 Å². The van der Waals surface area contributed by atoms with Crippen molar-refractivity contribution in [2.24, 2.45) is 5.92 Å². The van der Waals surface area contributed by atoms with Crippen molar-refractivity contribution >= 4 is 27.5 Å². The van der Waals surface area contributed by atoms with Crippen LogP contribution in [0.3, 0.4) is 0 Å². The summed E-state index contributed by atoms with van der Waals surface area (Å²) in [6, 6.07) is 6.49. The fourth-order valence-corrected chi connectivity index (χ4v) is 4.47. The number of rotatable bonds is 2. The molecule has 3 aliphatic heterocycles. The third-order valence-corrected chi connectivity index (χ3v) is 5.89. The van der Waals surface area contributed by atoms with E-state index in [9.17, 15) is 4.79 Å². The smallest absolute Gasteiger partial charge is 0.270 e. The summed E-state index contributed by atoms with van der Waals surface area (Å²) in [4.78, 5) is 19.5. The van der Waals surface area contributed by atoms with Crippen LogP contribution in [0.5, 0.6) is 0 Å². The van der Waals surface area contributed by atoms with Crippen LogP contribution in [0.4, 0.5) is 0 Å². The molecule has 3 fully saturated rings. The van der Waals surface area contributed by atoms with E-state index < -0.39 is 0 Å². The van der Waals surface area contributed by atoms with Gasteiger partial charge in [-0.2, -0.15) is 0 Å². The van der Waals surface area contributed by atoms with Crippen molar-refractivity contribution in [1.29, 1.82) is 0 Å². The zero-order valence-electron chi connectivity index (χ0n) is 12.1. The highest BCUT2D eigenvalue weighted by Crippen LogP contribution is 2.32. The highest BCUT2D eigenvalue weighted by Gasteiger charge is 2.40. The third kappa shape index (κ3) is 2.24. The Morgan fingerprint density at radius 3 is 2.90 bits per heavy atom. The van der Waals surface area contributed by atoms with Gasteiger partial charge >= 0.3 is 0 Å². The number of aromatic nitrogens is 1. The fourth-order valence-electron chi connectivity index (χ4n) is 3.75. The molecule has 0 unspecified atom stereocenters. The van der Waals surface area contributed by atoms with Gasteiger partial charge < -0.3 is 5.32 Å². The van der Waals surface area contributed by atoms with Crippen molar-refractivity contribution in [2.75, 3.05) is 13.1 Å². The predicted octanol–water partition coefficient (Wildman–Crippen LogP) is 2.51. The molecule has 2 bridgehead atoms. The molecule has 5 heteroatoms. The first kappa shape index (κ1) is 13.2. The minimum absolute atomic E-state index is 0.0336. The summed E-state index contributed by atoms with van der Waals surface area (Å²) in [6.07, 6.45) is 2.40. The molecule has 5 heterocycles. The lowest BCUT2D eigenvalue weighted by Crippen LogP contribution is -2.62. The molecular formula is C16H19N3OS. The Labute approximate surface area is 128 Å². The standard InChI is InChI=1S/C16H19N3OS/c1-10-15(11-4-7-19(10)8-5-11)18-16(20)13-2-3-14-12(17-13)6-9-21-14/h2-3,6,9-11,15H,4-5,7-8H2,1H3,(H,18,20)/t10-,15-/m0/s1. The average molecular weight is 301 g/mol. The van der Waals surface area contributed by atoms with Gasteiger partial charge in [0, 0.05) is 12.1 Å². The van der Waals surface area contributed by atoms with Crippen LogP contribution >= 0.6 is 11.3 Å². The van der Waals surface area contributed by atoms with Crippen LogP contribution in [-0.4, -0.2) is 41.0 Å². The van der Waals surface area contributed by atoms with Gasteiger partial charge in [-0.3, -0.25) is 9.69 Å². The van der Waals surface area contributed by atoms with Gasteiger partial charge in [0.25, 0.3) is 5.91 Å². The molecule has 4 nitrogen and oxygen atoms in total. The van der Waals surface area contributed by atoms with Gasteiger partial charge in [-0.1, -0.05) is 0 Å². The summed E-state index contributed by atoms with van der Waals surface area (Å²) in [5.74, 6) is 0.590. The lowest BCUT2D eigenvalue weighted by Gasteiger charge is -2.49. The van der Waals surface area contributed by atoms with Crippen LogP contribution < -0.4 is 5.32 Å². The Morgan fingerprint density at radius 1 is 1.33 bits per heavy atom. The number of pyridine rings is 1. The monoisotopic (exact) mass is 301 g/mol. The number of piperidine rings is 3. The van der Waals surface area contributed by atoms with Crippen LogP contribution in [0.15, 0.2) is 23.6 Å². The Hall–Kier alpha value is -1.46. The summed E-state index contributed by atoms with van der Waals surface area (Å²) < 4.78 is 1.13. The molecule has 5 rings (SSSR count). The van der Waals surface area contributed by atoms with Gasteiger partial charge in [-0.15, -0.1) is 11.3 Å². The summed E-state index contributed by atoms with van der Waals surface area (Å²) in [5.41, 5.74) is 1.44. The molecule has 3 aliphatic rings. The topological polar surface area (TPSA) is 45.2 Å². The first-order valence-electron chi connectivity index (χ1n) is 7.61. The first-order valence-corrected chi connectivity index (χ1v) is 8.49. The second-order valence-corrected chi connectivity index (χ2v) is 7.06. The molecule has 2 atom stereocenters. The maximum absolute atomic E-state index is 12.5. The van der Waals surface area contributed by atoms with E-state index in [1.54, 1.807) is 11.3 Å². The number of hydrogen-bond acceptors (Lipinski definition) is 4. The average Bonchev–Trinajstić information content (AvgIpc) is 2.98. The maximum Gasteiger partial charge on any atom is 0.270 e. The molecule has 1 N–H and O–H groups in total. The van der Waals surface area contributed by atoms with Gasteiger partial charge in [-0.05, 0) is 62.4 Å². The minimum atomic E-state index is -0.0336. The van der Waals surface area contributed by atoms with E-state index in [0.717, 1.165) is 10.2 Å². The molecule has 0 aromatic carbocycles. The van der Waals surface area contributed by atoms with Crippen LogP contribution in [0.1, 0.15) is 30.3 Å². The molecule has 2 aromatic heterocycles. The molecule has 3 saturated heterocycles. The van der Waals surface area contributed by atoms with E-state index in [1.807, 2.05) is 23.6 Å². The number of nitrogens with one attached hydrogen (secondary N) is 1. The predicted molar refractivity (Wildman–Crippen MR) is 84.6 cm³/mol. The lowest BCUT2D eigenvalue weighted by atomic mass is 9.79. The Kier molecular flexibility index (Phi) is 3.19. The molecule has 0 spiro atoms.